The third-order valence-corrected chi connectivity index (χ3v) is 2.62. The molecule has 0 unspecified atom stereocenters. The van der Waals surface area contributed by atoms with Crippen molar-refractivity contribution in [2.24, 2.45) is 0 Å². The minimum absolute atomic E-state index is 0.147. The monoisotopic (exact) mass is 291 g/mol. The fourth-order valence-electron chi connectivity index (χ4n) is 1.57. The molecule has 0 amide bonds. The molecule has 0 aliphatic heterocycles. The summed E-state index contributed by atoms with van der Waals surface area (Å²) in [4.78, 5) is 14.2. The van der Waals surface area contributed by atoms with Crippen LogP contribution in [0.3, 0.4) is 0 Å². The first-order chi connectivity index (χ1) is 9.36. The molecule has 1 rings (SSSR count). The van der Waals surface area contributed by atoms with E-state index in [0.29, 0.717) is 12.5 Å². The van der Waals surface area contributed by atoms with Gasteiger partial charge in [-0.05, 0) is 18.6 Å². The molecule has 1 aromatic heterocycles. The van der Waals surface area contributed by atoms with Crippen LogP contribution in [0.1, 0.15) is 48.7 Å². The van der Waals surface area contributed by atoms with Crippen molar-refractivity contribution in [3.8, 4) is 5.88 Å². The molecule has 0 aromatic carbocycles. The molecule has 0 spiro atoms. The molecule has 1 N–H and O–H groups in total. The number of unbranched alkanes of at least 4 members (excludes halogenated alkanes) is 3. The summed E-state index contributed by atoms with van der Waals surface area (Å²) in [6.07, 6.45) is -1.10. The maximum Gasteiger partial charge on any atom is 0.433 e. The first kappa shape index (κ1) is 16.3. The zero-order chi connectivity index (χ0) is 15.2. The van der Waals surface area contributed by atoms with Gasteiger partial charge in [0.15, 0.2) is 0 Å². The molecule has 0 radical (unpaired) electrons. The molecule has 7 heteroatoms. The first-order valence-corrected chi connectivity index (χ1v) is 6.30. The van der Waals surface area contributed by atoms with E-state index in [9.17, 15) is 18.0 Å². The smallest absolute Gasteiger partial charge is 0.433 e. The Bertz CT molecular complexity index is 461. The number of hydrogen-bond donors (Lipinski definition) is 1. The van der Waals surface area contributed by atoms with E-state index in [0.717, 1.165) is 25.3 Å². The second-order valence-electron chi connectivity index (χ2n) is 4.26. The third-order valence-electron chi connectivity index (χ3n) is 2.62. The largest absolute Gasteiger partial charge is 0.477 e. The minimum Gasteiger partial charge on any atom is -0.477 e. The van der Waals surface area contributed by atoms with Crippen LogP contribution in [0.4, 0.5) is 13.2 Å². The Morgan fingerprint density at radius 1 is 1.30 bits per heavy atom. The molecule has 0 atom stereocenters. The zero-order valence-electron chi connectivity index (χ0n) is 11.0. The van der Waals surface area contributed by atoms with E-state index in [-0.39, 0.29) is 12.2 Å². The van der Waals surface area contributed by atoms with Gasteiger partial charge < -0.3 is 9.84 Å². The fraction of sp³-hybridized carbons (Fsp3) is 0.538. The Balaban J connectivity index is 2.81. The summed E-state index contributed by atoms with van der Waals surface area (Å²) in [5.74, 6) is -1.85. The number of pyridine rings is 1. The van der Waals surface area contributed by atoms with Gasteiger partial charge in [0.2, 0.25) is 5.88 Å². The number of nitrogens with zero attached hydrogens (tertiary/aromatic N) is 1. The second kappa shape index (κ2) is 7.12. The van der Waals surface area contributed by atoms with Gasteiger partial charge in [-0.1, -0.05) is 26.2 Å². The van der Waals surface area contributed by atoms with Gasteiger partial charge in [-0.25, -0.2) is 9.78 Å². The number of carbonyl (C=O) groups is 1. The Kier molecular flexibility index (Phi) is 5.79. The number of alkyl halides is 3. The number of halogens is 3. The van der Waals surface area contributed by atoms with Gasteiger partial charge in [0.05, 0.1) is 6.61 Å². The molecular formula is C13H16F3NO3. The van der Waals surface area contributed by atoms with E-state index in [1.54, 1.807) is 0 Å². The van der Waals surface area contributed by atoms with Gasteiger partial charge in [-0.15, -0.1) is 0 Å². The topological polar surface area (TPSA) is 59.4 Å². The van der Waals surface area contributed by atoms with E-state index in [4.69, 9.17) is 9.84 Å². The minimum atomic E-state index is -4.63. The zero-order valence-corrected chi connectivity index (χ0v) is 11.0. The molecule has 1 aromatic rings. The van der Waals surface area contributed by atoms with Gasteiger partial charge in [0, 0.05) is 0 Å². The molecule has 0 bridgehead atoms. The van der Waals surface area contributed by atoms with Crippen molar-refractivity contribution in [3.05, 3.63) is 23.4 Å². The van der Waals surface area contributed by atoms with Crippen LogP contribution in [0, 0.1) is 0 Å². The van der Waals surface area contributed by atoms with E-state index in [1.807, 2.05) is 6.92 Å². The van der Waals surface area contributed by atoms with E-state index in [1.165, 1.54) is 0 Å². The summed E-state index contributed by atoms with van der Waals surface area (Å²) in [5, 5.41) is 8.90. The third kappa shape index (κ3) is 4.71. The Hall–Kier alpha value is -1.79. The number of carboxylic acid groups (broad SMARTS) is 1. The number of aromatic nitrogens is 1. The molecule has 1 heterocycles. The maximum atomic E-state index is 12.5. The van der Waals surface area contributed by atoms with Gasteiger partial charge in [0.25, 0.3) is 0 Å². The van der Waals surface area contributed by atoms with E-state index in [2.05, 4.69) is 4.98 Å². The highest BCUT2D eigenvalue weighted by atomic mass is 19.4. The van der Waals surface area contributed by atoms with Crippen LogP contribution in [-0.2, 0) is 6.18 Å². The number of aromatic carboxylic acids is 1. The van der Waals surface area contributed by atoms with Crippen molar-refractivity contribution in [3.63, 3.8) is 0 Å². The van der Waals surface area contributed by atoms with Crippen LogP contribution in [-0.4, -0.2) is 22.7 Å². The lowest BCUT2D eigenvalue weighted by molar-refractivity contribution is -0.141. The van der Waals surface area contributed by atoms with Gasteiger partial charge in [-0.3, -0.25) is 0 Å². The summed E-state index contributed by atoms with van der Waals surface area (Å²) in [6, 6.07) is 1.49. The first-order valence-electron chi connectivity index (χ1n) is 6.30. The molecular weight excluding hydrogens is 275 g/mol. The van der Waals surface area contributed by atoms with Crippen molar-refractivity contribution in [1.82, 2.24) is 4.98 Å². The standard InChI is InChI=1S/C13H16F3NO3/c1-2-3-4-5-8-20-11-9(12(18)19)6-7-10(17-11)13(14,15)16/h6-7H,2-5,8H2,1H3,(H,18,19). The summed E-state index contributed by atoms with van der Waals surface area (Å²) in [7, 11) is 0. The van der Waals surface area contributed by atoms with Gasteiger partial charge in [-0.2, -0.15) is 13.2 Å². The Morgan fingerprint density at radius 3 is 2.55 bits per heavy atom. The molecule has 20 heavy (non-hydrogen) atoms. The molecule has 0 aliphatic carbocycles. The van der Waals surface area contributed by atoms with E-state index < -0.39 is 23.7 Å². The normalized spacial score (nSPS) is 11.4. The SMILES string of the molecule is CCCCCCOc1nc(C(F)(F)F)ccc1C(=O)O. The van der Waals surface area contributed by atoms with Crippen LogP contribution in [0.5, 0.6) is 5.88 Å². The van der Waals surface area contributed by atoms with Crippen LogP contribution in [0.15, 0.2) is 12.1 Å². The lowest BCUT2D eigenvalue weighted by atomic mass is 10.2. The van der Waals surface area contributed by atoms with Gasteiger partial charge in [0.1, 0.15) is 11.3 Å². The summed E-state index contributed by atoms with van der Waals surface area (Å²) in [5.41, 5.74) is -1.53. The van der Waals surface area contributed by atoms with Crippen molar-refractivity contribution in [2.75, 3.05) is 6.61 Å². The molecule has 0 saturated heterocycles. The average Bonchev–Trinajstić information content (AvgIpc) is 2.37. The fourth-order valence-corrected chi connectivity index (χ4v) is 1.57. The Labute approximate surface area is 114 Å². The number of carboxylic acids is 1. The predicted octanol–water partition coefficient (Wildman–Crippen LogP) is 3.76. The Morgan fingerprint density at radius 2 is 2.00 bits per heavy atom. The summed E-state index contributed by atoms with van der Waals surface area (Å²) in [6.45, 7) is 2.17. The van der Waals surface area contributed by atoms with Crippen molar-refractivity contribution in [1.29, 1.82) is 0 Å². The number of ether oxygens (including phenoxy) is 1. The van der Waals surface area contributed by atoms with E-state index >= 15 is 0 Å². The van der Waals surface area contributed by atoms with Crippen molar-refractivity contribution >= 4 is 5.97 Å². The van der Waals surface area contributed by atoms with Crippen LogP contribution >= 0.6 is 0 Å². The van der Waals surface area contributed by atoms with Crippen molar-refractivity contribution < 1.29 is 27.8 Å². The summed E-state index contributed by atoms with van der Waals surface area (Å²) >= 11 is 0. The van der Waals surface area contributed by atoms with Crippen LogP contribution < -0.4 is 4.74 Å². The molecule has 112 valence electrons. The molecule has 0 saturated carbocycles. The maximum absolute atomic E-state index is 12.5. The van der Waals surface area contributed by atoms with Gasteiger partial charge >= 0.3 is 12.1 Å². The molecule has 4 nitrogen and oxygen atoms in total. The number of hydrogen-bond acceptors (Lipinski definition) is 3. The summed E-state index contributed by atoms with van der Waals surface area (Å²) < 4.78 is 42.7. The average molecular weight is 291 g/mol. The van der Waals surface area contributed by atoms with Crippen molar-refractivity contribution in [2.45, 2.75) is 38.8 Å². The number of rotatable bonds is 7. The quantitative estimate of drug-likeness (QED) is 0.777. The molecule has 0 fully saturated rings. The predicted molar refractivity (Wildman–Crippen MR) is 65.8 cm³/mol. The molecule has 0 aliphatic rings. The second-order valence-corrected chi connectivity index (χ2v) is 4.26. The highest BCUT2D eigenvalue weighted by Crippen LogP contribution is 2.30. The highest BCUT2D eigenvalue weighted by Gasteiger charge is 2.33. The lowest BCUT2D eigenvalue weighted by Gasteiger charge is -2.11. The van der Waals surface area contributed by atoms with Crippen LogP contribution in [0.25, 0.3) is 0 Å². The highest BCUT2D eigenvalue weighted by molar-refractivity contribution is 5.90. The van der Waals surface area contributed by atoms with Crippen LogP contribution in [0.2, 0.25) is 0 Å². The lowest BCUT2D eigenvalue weighted by Crippen LogP contribution is -2.13.